The Bertz CT molecular complexity index is 504. The molecular weight excluding hydrogens is 352 g/mol. The summed E-state index contributed by atoms with van der Waals surface area (Å²) in [6, 6.07) is 0. The highest BCUT2D eigenvalue weighted by molar-refractivity contribution is 6.75. The first-order valence-corrected chi connectivity index (χ1v) is 14.0. The van der Waals surface area contributed by atoms with E-state index in [9.17, 15) is 4.79 Å². The highest BCUT2D eigenvalue weighted by Crippen LogP contribution is 2.63. The van der Waals surface area contributed by atoms with Gasteiger partial charge in [-0.25, -0.2) is 0 Å². The molecule has 5 nitrogen and oxygen atoms in total. The van der Waals surface area contributed by atoms with Crippen LogP contribution in [0.4, 0.5) is 0 Å². The second kappa shape index (κ2) is 6.74. The van der Waals surface area contributed by atoms with Gasteiger partial charge in [-0.2, -0.15) is 0 Å². The second-order valence-corrected chi connectivity index (χ2v) is 17.4. The van der Waals surface area contributed by atoms with Gasteiger partial charge in [0.15, 0.2) is 0 Å². The van der Waals surface area contributed by atoms with Crippen molar-refractivity contribution < 1.29 is 22.5 Å². The maximum absolute atomic E-state index is 13.1. The molecule has 2 bridgehead atoms. The Morgan fingerprint density at radius 2 is 1.56 bits per heavy atom. The fraction of sp³-hybridized carbons (Fsp3) is 0.944. The smallest absolute Gasteiger partial charge is 0.503 e. The Kier molecular flexibility index (Phi) is 5.69. The fourth-order valence-corrected chi connectivity index (χ4v) is 8.29. The van der Waals surface area contributed by atoms with Gasteiger partial charge in [-0.1, -0.05) is 20.8 Å². The van der Waals surface area contributed by atoms with Crippen LogP contribution < -0.4 is 0 Å². The molecule has 0 aromatic carbocycles. The molecule has 0 amide bonds. The molecule has 0 radical (unpaired) electrons. The topological polar surface area (TPSA) is 54.0 Å². The molecule has 2 saturated carbocycles. The van der Waals surface area contributed by atoms with E-state index < -0.39 is 17.1 Å². The van der Waals surface area contributed by atoms with Gasteiger partial charge in [0.1, 0.15) is 0 Å². The highest BCUT2D eigenvalue weighted by atomic mass is 28.4. The molecule has 0 aromatic rings. The number of hydrogen-bond acceptors (Lipinski definition) is 5. The van der Waals surface area contributed by atoms with E-state index in [4.69, 9.17) is 17.7 Å². The van der Waals surface area contributed by atoms with Crippen molar-refractivity contribution in [2.24, 2.45) is 17.3 Å². The van der Waals surface area contributed by atoms with Gasteiger partial charge in [0.05, 0.1) is 5.41 Å². The minimum Gasteiger partial charge on any atom is -0.519 e. The maximum atomic E-state index is 13.1. The van der Waals surface area contributed by atoms with Crippen molar-refractivity contribution in [1.82, 2.24) is 0 Å². The van der Waals surface area contributed by atoms with Gasteiger partial charge in [-0.3, -0.25) is 4.79 Å². The Morgan fingerprint density at radius 1 is 1.04 bits per heavy atom. The number of fused-ring (bicyclic) bond motifs is 2. The summed E-state index contributed by atoms with van der Waals surface area (Å²) in [5.41, 5.74) is -0.0993. The van der Waals surface area contributed by atoms with Crippen molar-refractivity contribution in [2.75, 3.05) is 21.3 Å². The van der Waals surface area contributed by atoms with Crippen LogP contribution in [0.5, 0.6) is 0 Å². The lowest BCUT2D eigenvalue weighted by Crippen LogP contribution is -2.52. The molecule has 0 spiro atoms. The van der Waals surface area contributed by atoms with E-state index in [1.165, 1.54) is 0 Å². The van der Waals surface area contributed by atoms with Crippen LogP contribution in [0.25, 0.3) is 0 Å². The quantitative estimate of drug-likeness (QED) is 0.638. The zero-order chi connectivity index (χ0) is 19.3. The molecule has 2 aliphatic carbocycles. The van der Waals surface area contributed by atoms with Crippen molar-refractivity contribution >= 4 is 23.1 Å². The van der Waals surface area contributed by atoms with Gasteiger partial charge in [0.25, 0.3) is 14.3 Å². The first kappa shape index (κ1) is 21.1. The van der Waals surface area contributed by atoms with Gasteiger partial charge < -0.3 is 17.7 Å². The molecule has 0 heterocycles. The molecule has 0 saturated heterocycles. The summed E-state index contributed by atoms with van der Waals surface area (Å²) in [6.45, 7) is 12.9. The largest absolute Gasteiger partial charge is 0.519 e. The number of carbonyl (C=O) groups is 1. The molecule has 4 unspecified atom stereocenters. The third kappa shape index (κ3) is 3.38. The standard InChI is InChI=1S/C18H36O5Si2/c1-17(2,3)24(8,9)23-16(19)18(4)12-13-10-14(18)11-15(13)25(20-5,21-6)22-7/h13-15H,10-12H2,1-9H3. The third-order valence-electron chi connectivity index (χ3n) is 7.21. The van der Waals surface area contributed by atoms with E-state index in [2.05, 4.69) is 40.8 Å². The molecule has 2 fully saturated rings. The van der Waals surface area contributed by atoms with Crippen LogP contribution in [0.15, 0.2) is 0 Å². The third-order valence-corrected chi connectivity index (χ3v) is 14.8. The lowest BCUT2D eigenvalue weighted by atomic mass is 9.75. The Morgan fingerprint density at radius 3 is 1.92 bits per heavy atom. The lowest BCUT2D eigenvalue weighted by Gasteiger charge is -2.43. The molecule has 2 aliphatic rings. The fourth-order valence-electron chi connectivity index (χ4n) is 4.47. The van der Waals surface area contributed by atoms with Gasteiger partial charge >= 0.3 is 8.80 Å². The molecule has 0 aromatic heterocycles. The maximum Gasteiger partial charge on any atom is 0.503 e. The Hall–Kier alpha value is -0.216. The van der Waals surface area contributed by atoms with Crippen molar-refractivity contribution in [3.8, 4) is 0 Å². The molecule has 0 aliphatic heterocycles. The average Bonchev–Trinajstić information content (AvgIpc) is 3.06. The zero-order valence-electron chi connectivity index (χ0n) is 17.4. The summed E-state index contributed by atoms with van der Waals surface area (Å²) in [5, 5.41) is 0.0311. The first-order chi connectivity index (χ1) is 11.4. The summed E-state index contributed by atoms with van der Waals surface area (Å²) >= 11 is 0. The van der Waals surface area contributed by atoms with E-state index >= 15 is 0 Å². The minimum atomic E-state index is -2.66. The van der Waals surface area contributed by atoms with E-state index in [1.807, 2.05) is 0 Å². The van der Waals surface area contributed by atoms with Crippen LogP contribution in [-0.2, 0) is 22.5 Å². The summed E-state index contributed by atoms with van der Waals surface area (Å²) < 4.78 is 23.3. The SMILES string of the molecule is CO[Si](OC)(OC)C1CC2CC1CC2(C)C(=O)O[Si](C)(C)C(C)(C)C. The summed E-state index contributed by atoms with van der Waals surface area (Å²) in [4.78, 5) is 13.1. The van der Waals surface area contributed by atoms with E-state index in [0.717, 1.165) is 19.3 Å². The highest BCUT2D eigenvalue weighted by Gasteiger charge is 2.65. The Labute approximate surface area is 155 Å². The number of hydrogen-bond donors (Lipinski definition) is 0. The van der Waals surface area contributed by atoms with Gasteiger partial charge in [0.2, 0.25) is 0 Å². The lowest BCUT2D eigenvalue weighted by molar-refractivity contribution is -0.149. The number of carbonyl (C=O) groups excluding carboxylic acids is 1. The summed E-state index contributed by atoms with van der Waals surface area (Å²) in [7, 11) is 0.275. The van der Waals surface area contributed by atoms with Crippen LogP contribution in [0, 0.1) is 17.3 Å². The van der Waals surface area contributed by atoms with Gasteiger partial charge in [-0.05, 0) is 56.2 Å². The monoisotopic (exact) mass is 388 g/mol. The van der Waals surface area contributed by atoms with Crippen LogP contribution >= 0.6 is 0 Å². The normalized spacial score (nSPS) is 32.9. The Balaban J connectivity index is 2.14. The van der Waals surface area contributed by atoms with E-state index in [-0.39, 0.29) is 22.0 Å². The molecule has 2 rings (SSSR count). The molecule has 7 heteroatoms. The molecule has 25 heavy (non-hydrogen) atoms. The molecule has 4 atom stereocenters. The predicted molar refractivity (Wildman–Crippen MR) is 103 cm³/mol. The molecule has 146 valence electrons. The van der Waals surface area contributed by atoms with Crippen molar-refractivity contribution in [3.63, 3.8) is 0 Å². The van der Waals surface area contributed by atoms with E-state index in [0.29, 0.717) is 11.8 Å². The summed E-state index contributed by atoms with van der Waals surface area (Å²) in [5.74, 6) is 0.741. The minimum absolute atomic E-state index is 0.00422. The van der Waals surface area contributed by atoms with E-state index in [1.54, 1.807) is 21.3 Å². The van der Waals surface area contributed by atoms with Crippen LogP contribution in [-0.4, -0.2) is 44.4 Å². The second-order valence-electron chi connectivity index (χ2n) is 9.52. The van der Waals surface area contributed by atoms with Crippen molar-refractivity contribution in [1.29, 1.82) is 0 Å². The number of rotatable bonds is 6. The predicted octanol–water partition coefficient (Wildman–Crippen LogP) is 4.22. The van der Waals surface area contributed by atoms with Crippen LogP contribution in [0.2, 0.25) is 23.7 Å². The van der Waals surface area contributed by atoms with Gasteiger partial charge in [0, 0.05) is 26.9 Å². The van der Waals surface area contributed by atoms with Crippen LogP contribution in [0.3, 0.4) is 0 Å². The molecular formula is C18H36O5Si2. The first-order valence-electron chi connectivity index (χ1n) is 9.25. The van der Waals surface area contributed by atoms with Crippen LogP contribution in [0.1, 0.15) is 47.0 Å². The van der Waals surface area contributed by atoms with Gasteiger partial charge in [-0.15, -0.1) is 0 Å². The van der Waals surface area contributed by atoms with Crippen molar-refractivity contribution in [2.45, 2.75) is 70.6 Å². The molecule has 0 N–H and O–H groups in total. The van der Waals surface area contributed by atoms with Crippen molar-refractivity contribution in [3.05, 3.63) is 0 Å². The zero-order valence-corrected chi connectivity index (χ0v) is 19.4. The summed E-state index contributed by atoms with van der Waals surface area (Å²) in [6.07, 6.45) is 2.81. The average molecular weight is 389 g/mol.